The number of nitriles is 1. The Hall–Kier alpha value is -1.14. The van der Waals surface area contributed by atoms with E-state index in [0.717, 1.165) is 18.4 Å². The Bertz CT molecular complexity index is 609. The van der Waals surface area contributed by atoms with E-state index in [1.54, 1.807) is 12.1 Å². The van der Waals surface area contributed by atoms with Gasteiger partial charge < -0.3 is 4.74 Å². The summed E-state index contributed by atoms with van der Waals surface area (Å²) in [7, 11) is 0. The summed E-state index contributed by atoms with van der Waals surface area (Å²) in [5.41, 5.74) is 2.90. The lowest BCUT2D eigenvalue weighted by molar-refractivity contribution is 0.361. The van der Waals surface area contributed by atoms with E-state index in [9.17, 15) is 0 Å². The van der Waals surface area contributed by atoms with E-state index in [4.69, 9.17) is 44.8 Å². The van der Waals surface area contributed by atoms with Crippen LogP contribution < -0.4 is 4.74 Å². The zero-order valence-corrected chi connectivity index (χ0v) is 15.5. The van der Waals surface area contributed by atoms with Crippen LogP contribution in [-0.2, 0) is 0 Å². The number of alkyl halides is 3. The van der Waals surface area contributed by atoms with Gasteiger partial charge in [-0.25, -0.2) is 0 Å². The van der Waals surface area contributed by atoms with Crippen molar-refractivity contribution in [1.82, 2.24) is 0 Å². The van der Waals surface area contributed by atoms with Crippen LogP contribution in [0.15, 0.2) is 47.6 Å². The molecular weight excluding hydrogens is 353 g/mol. The van der Waals surface area contributed by atoms with E-state index in [1.165, 1.54) is 5.57 Å². The summed E-state index contributed by atoms with van der Waals surface area (Å²) in [6, 6.07) is 9.22. The van der Waals surface area contributed by atoms with E-state index in [2.05, 4.69) is 19.1 Å². The second-order valence-electron chi connectivity index (χ2n) is 5.38. The van der Waals surface area contributed by atoms with Crippen molar-refractivity contribution in [2.45, 2.75) is 36.9 Å². The van der Waals surface area contributed by atoms with Crippen molar-refractivity contribution in [3.8, 4) is 11.8 Å². The van der Waals surface area contributed by atoms with Crippen molar-refractivity contribution < 1.29 is 4.74 Å². The third-order valence-corrected chi connectivity index (χ3v) is 3.56. The Balaban J connectivity index is 2.37. The molecule has 0 aliphatic carbocycles. The molecule has 1 rings (SSSR count). The highest BCUT2D eigenvalue weighted by Crippen LogP contribution is 2.33. The Labute approximate surface area is 153 Å². The molecule has 0 spiro atoms. The molecule has 0 heterocycles. The van der Waals surface area contributed by atoms with Crippen LogP contribution in [0, 0.1) is 11.3 Å². The molecule has 124 valence electrons. The highest BCUT2D eigenvalue weighted by atomic mass is 35.6. The number of hydrogen-bond donors (Lipinski definition) is 0. The Morgan fingerprint density at radius 2 is 1.96 bits per heavy atom. The molecule has 0 bridgehead atoms. The van der Waals surface area contributed by atoms with Gasteiger partial charge in [0.15, 0.2) is 3.79 Å². The second kappa shape index (κ2) is 9.88. The first-order valence-electron chi connectivity index (χ1n) is 7.31. The first-order chi connectivity index (χ1) is 10.8. The number of rotatable bonds is 7. The zero-order chi connectivity index (χ0) is 17.3. The topological polar surface area (TPSA) is 33.0 Å². The molecule has 0 aliphatic rings. The van der Waals surface area contributed by atoms with Gasteiger partial charge in [0, 0.05) is 6.42 Å². The molecule has 0 atom stereocenters. The van der Waals surface area contributed by atoms with Gasteiger partial charge >= 0.3 is 0 Å². The smallest absolute Gasteiger partial charge is 0.194 e. The monoisotopic (exact) mass is 371 g/mol. The van der Waals surface area contributed by atoms with Crippen LogP contribution in [-0.4, -0.2) is 10.4 Å². The molecule has 0 amide bonds. The van der Waals surface area contributed by atoms with Crippen LogP contribution in [0.5, 0.6) is 5.75 Å². The maximum Gasteiger partial charge on any atom is 0.194 e. The predicted octanol–water partition coefficient (Wildman–Crippen LogP) is 6.37. The molecule has 2 nitrogen and oxygen atoms in total. The number of nitrogens with zero attached hydrogens (tertiary/aromatic N) is 1. The summed E-state index contributed by atoms with van der Waals surface area (Å²) in [4.78, 5) is 0. The Kier molecular flexibility index (Phi) is 8.55. The fourth-order valence-electron chi connectivity index (χ4n) is 1.97. The summed E-state index contributed by atoms with van der Waals surface area (Å²) in [5.74, 6) is 0.700. The van der Waals surface area contributed by atoms with Crippen LogP contribution >= 0.6 is 34.8 Å². The number of allylic oxidation sites excluding steroid dienone is 3. The molecular formula is C18H20Cl3NO. The highest BCUT2D eigenvalue weighted by molar-refractivity contribution is 6.67. The van der Waals surface area contributed by atoms with Gasteiger partial charge in [-0.1, -0.05) is 58.1 Å². The van der Waals surface area contributed by atoms with Crippen LogP contribution in [0.25, 0.3) is 0 Å². The lowest BCUT2D eigenvalue weighted by Gasteiger charge is -2.10. The number of hydrogen-bond acceptors (Lipinski definition) is 2. The standard InChI is InChI=1S/C18H20Cl3NO/c1-14(5-3-6-15(2)12-18(19,20)21)9-10-23-17-8-4-7-16(11-17)13-22/h4,6-9,11H,3,5,10,12H2,1-2H3/b14-9+,15-6+. The number of benzene rings is 1. The fraction of sp³-hybridized carbons (Fsp3) is 0.389. The van der Waals surface area contributed by atoms with Crippen LogP contribution in [0.4, 0.5) is 0 Å². The van der Waals surface area contributed by atoms with E-state index in [0.29, 0.717) is 24.3 Å². The molecule has 1 aromatic rings. The van der Waals surface area contributed by atoms with Crippen LogP contribution in [0.2, 0.25) is 0 Å². The molecule has 0 N–H and O–H groups in total. The van der Waals surface area contributed by atoms with Crippen molar-refractivity contribution in [2.24, 2.45) is 0 Å². The summed E-state index contributed by atoms with van der Waals surface area (Å²) in [6.07, 6.45) is 6.41. The first kappa shape index (κ1) is 19.9. The van der Waals surface area contributed by atoms with Crippen molar-refractivity contribution in [1.29, 1.82) is 5.26 Å². The van der Waals surface area contributed by atoms with Crippen LogP contribution in [0.1, 0.15) is 38.7 Å². The fourth-order valence-corrected chi connectivity index (χ4v) is 2.60. The Morgan fingerprint density at radius 1 is 1.22 bits per heavy atom. The van der Waals surface area contributed by atoms with E-state index in [-0.39, 0.29) is 0 Å². The molecule has 5 heteroatoms. The maximum atomic E-state index is 8.84. The summed E-state index contributed by atoms with van der Waals surface area (Å²) in [5, 5.41) is 8.84. The van der Waals surface area contributed by atoms with Crippen molar-refractivity contribution in [3.05, 3.63) is 53.1 Å². The molecule has 0 aliphatic heterocycles. The third-order valence-electron chi connectivity index (χ3n) is 3.16. The summed E-state index contributed by atoms with van der Waals surface area (Å²) < 4.78 is 4.39. The lowest BCUT2D eigenvalue weighted by atomic mass is 10.1. The average Bonchev–Trinajstić information content (AvgIpc) is 2.45. The van der Waals surface area contributed by atoms with E-state index < -0.39 is 3.79 Å². The average molecular weight is 373 g/mol. The molecule has 0 saturated heterocycles. The lowest BCUT2D eigenvalue weighted by Crippen LogP contribution is -2.01. The van der Waals surface area contributed by atoms with Gasteiger partial charge in [-0.15, -0.1) is 0 Å². The molecule has 1 aromatic carbocycles. The molecule has 0 aromatic heterocycles. The molecule has 0 unspecified atom stereocenters. The number of halogens is 3. The normalized spacial score (nSPS) is 12.9. The largest absolute Gasteiger partial charge is 0.489 e. The first-order valence-corrected chi connectivity index (χ1v) is 8.44. The van der Waals surface area contributed by atoms with Gasteiger partial charge in [-0.05, 0) is 51.0 Å². The van der Waals surface area contributed by atoms with Gasteiger partial charge in [-0.2, -0.15) is 5.26 Å². The molecule has 23 heavy (non-hydrogen) atoms. The van der Waals surface area contributed by atoms with Gasteiger partial charge in [0.25, 0.3) is 0 Å². The van der Waals surface area contributed by atoms with Gasteiger partial charge in [0.05, 0.1) is 11.6 Å². The maximum absolute atomic E-state index is 8.84. The van der Waals surface area contributed by atoms with Gasteiger partial charge in [-0.3, -0.25) is 0 Å². The van der Waals surface area contributed by atoms with Gasteiger partial charge in [0.2, 0.25) is 0 Å². The molecule has 0 fully saturated rings. The SMILES string of the molecule is C/C(=C\COc1cccc(C#N)c1)CC/C=C(\C)CC(Cl)(Cl)Cl. The van der Waals surface area contributed by atoms with Crippen molar-refractivity contribution >= 4 is 34.8 Å². The highest BCUT2D eigenvalue weighted by Gasteiger charge is 2.19. The van der Waals surface area contributed by atoms with Crippen molar-refractivity contribution in [2.75, 3.05) is 6.61 Å². The predicted molar refractivity (Wildman–Crippen MR) is 98.3 cm³/mol. The summed E-state index contributed by atoms with van der Waals surface area (Å²) in [6.45, 7) is 4.51. The van der Waals surface area contributed by atoms with Crippen molar-refractivity contribution in [3.63, 3.8) is 0 Å². The minimum atomic E-state index is -1.22. The quantitative estimate of drug-likeness (QED) is 0.411. The minimum absolute atomic E-state index is 0.443. The van der Waals surface area contributed by atoms with Crippen LogP contribution in [0.3, 0.4) is 0 Å². The van der Waals surface area contributed by atoms with E-state index in [1.807, 2.05) is 25.1 Å². The summed E-state index contributed by atoms with van der Waals surface area (Å²) >= 11 is 17.3. The minimum Gasteiger partial charge on any atom is -0.489 e. The van der Waals surface area contributed by atoms with Gasteiger partial charge in [0.1, 0.15) is 12.4 Å². The Morgan fingerprint density at radius 3 is 2.61 bits per heavy atom. The second-order valence-corrected chi connectivity index (χ2v) is 7.90. The number of ether oxygens (including phenoxy) is 1. The third kappa shape index (κ3) is 9.56. The van der Waals surface area contributed by atoms with E-state index >= 15 is 0 Å². The molecule has 0 radical (unpaired) electrons. The molecule has 0 saturated carbocycles. The zero-order valence-electron chi connectivity index (χ0n) is 13.3.